The van der Waals surface area contributed by atoms with Crippen LogP contribution in [0, 0.1) is 12.4 Å². The molecule has 0 aromatic carbocycles. The number of fused-ring (bicyclic) bond motifs is 1. The Bertz CT molecular complexity index is 444. The van der Waals surface area contributed by atoms with Crippen LogP contribution < -0.4 is 5.56 Å². The summed E-state index contributed by atoms with van der Waals surface area (Å²) in [4.78, 5) is 15.8. The summed E-state index contributed by atoms with van der Waals surface area (Å²) < 4.78 is 1.23. The summed E-state index contributed by atoms with van der Waals surface area (Å²) in [5.41, 5.74) is 3.17. The second-order valence-corrected chi connectivity index (χ2v) is 2.88. The SMILES string of the molecule is Cc1cc(=O)n2n[c]sc2n1. The van der Waals surface area contributed by atoms with Gasteiger partial charge in [0.2, 0.25) is 4.96 Å². The molecule has 0 aliphatic heterocycles. The van der Waals surface area contributed by atoms with Gasteiger partial charge in [-0.15, -0.1) is 5.10 Å². The van der Waals surface area contributed by atoms with Crippen LogP contribution >= 0.6 is 11.3 Å². The minimum atomic E-state index is -0.148. The topological polar surface area (TPSA) is 47.3 Å². The number of nitrogens with zero attached hydrogens (tertiary/aromatic N) is 3. The molecular weight excluding hydrogens is 162 g/mol. The molecule has 0 unspecified atom stereocenters. The van der Waals surface area contributed by atoms with Gasteiger partial charge in [0, 0.05) is 11.8 Å². The van der Waals surface area contributed by atoms with Crippen LogP contribution in [0.3, 0.4) is 0 Å². The quantitative estimate of drug-likeness (QED) is 0.564. The van der Waals surface area contributed by atoms with Gasteiger partial charge in [-0.2, -0.15) is 4.52 Å². The standard InChI is InChI=1S/C6H4N3OS/c1-4-2-5(10)9-6(8-4)11-3-7-9/h2H,1H3. The zero-order chi connectivity index (χ0) is 7.84. The monoisotopic (exact) mass is 166 g/mol. The third-order valence-corrected chi connectivity index (χ3v) is 1.89. The Morgan fingerprint density at radius 1 is 1.73 bits per heavy atom. The fourth-order valence-electron chi connectivity index (χ4n) is 0.825. The van der Waals surface area contributed by atoms with Crippen molar-refractivity contribution in [3.05, 3.63) is 27.6 Å². The van der Waals surface area contributed by atoms with Gasteiger partial charge < -0.3 is 0 Å². The van der Waals surface area contributed by atoms with Crippen molar-refractivity contribution in [3.8, 4) is 0 Å². The second-order valence-electron chi connectivity index (χ2n) is 2.12. The summed E-state index contributed by atoms with van der Waals surface area (Å²) in [6.45, 7) is 1.78. The van der Waals surface area contributed by atoms with E-state index in [4.69, 9.17) is 0 Å². The van der Waals surface area contributed by atoms with Gasteiger partial charge in [-0.1, -0.05) is 11.3 Å². The van der Waals surface area contributed by atoms with Gasteiger partial charge in [-0.25, -0.2) is 4.98 Å². The number of hydrogen-bond acceptors (Lipinski definition) is 4. The van der Waals surface area contributed by atoms with E-state index in [-0.39, 0.29) is 5.56 Å². The lowest BCUT2D eigenvalue weighted by atomic mass is 10.5. The van der Waals surface area contributed by atoms with Gasteiger partial charge in [0.1, 0.15) is 0 Å². The van der Waals surface area contributed by atoms with Gasteiger partial charge in [0.05, 0.1) is 0 Å². The predicted molar refractivity (Wildman–Crippen MR) is 40.7 cm³/mol. The highest BCUT2D eigenvalue weighted by Gasteiger charge is 1.99. The average Bonchev–Trinajstić information content (AvgIpc) is 2.34. The molecule has 2 rings (SSSR count). The first-order chi connectivity index (χ1) is 5.27. The lowest BCUT2D eigenvalue weighted by Crippen LogP contribution is -2.13. The van der Waals surface area contributed by atoms with Crippen LogP contribution in [0.15, 0.2) is 10.9 Å². The maximum atomic E-state index is 11.1. The molecule has 0 atom stereocenters. The Hall–Kier alpha value is -1.23. The number of aryl methyl sites for hydroxylation is 1. The van der Waals surface area contributed by atoms with E-state index in [0.29, 0.717) is 10.7 Å². The Kier molecular flexibility index (Phi) is 1.25. The van der Waals surface area contributed by atoms with E-state index in [0.717, 1.165) is 0 Å². The lowest BCUT2D eigenvalue weighted by molar-refractivity contribution is 0.887. The highest BCUT2D eigenvalue weighted by Crippen LogP contribution is 2.01. The Labute approximate surface area is 66.1 Å². The van der Waals surface area contributed by atoms with Crippen LogP contribution in [-0.2, 0) is 0 Å². The third-order valence-electron chi connectivity index (χ3n) is 1.27. The average molecular weight is 166 g/mol. The highest BCUT2D eigenvalue weighted by atomic mass is 32.1. The van der Waals surface area contributed by atoms with Crippen molar-refractivity contribution in [3.63, 3.8) is 0 Å². The van der Waals surface area contributed by atoms with E-state index in [1.807, 2.05) is 0 Å². The van der Waals surface area contributed by atoms with Gasteiger partial charge >= 0.3 is 0 Å². The number of aromatic nitrogens is 3. The first kappa shape index (κ1) is 6.48. The smallest absolute Gasteiger partial charge is 0.267 e. The van der Waals surface area contributed by atoms with E-state index in [1.54, 1.807) is 6.92 Å². The van der Waals surface area contributed by atoms with E-state index in [9.17, 15) is 4.79 Å². The molecule has 11 heavy (non-hydrogen) atoms. The first-order valence-electron chi connectivity index (χ1n) is 3.01. The summed E-state index contributed by atoms with van der Waals surface area (Å²) in [5.74, 6) is 0. The summed E-state index contributed by atoms with van der Waals surface area (Å²) >= 11 is 1.23. The van der Waals surface area contributed by atoms with Crippen LogP contribution in [-0.4, -0.2) is 14.6 Å². The van der Waals surface area contributed by atoms with Crippen LogP contribution in [0.5, 0.6) is 0 Å². The van der Waals surface area contributed by atoms with Crippen LogP contribution in [0.2, 0.25) is 0 Å². The molecule has 55 valence electrons. The lowest BCUT2D eigenvalue weighted by Gasteiger charge is -1.89. The van der Waals surface area contributed by atoms with Gasteiger partial charge in [-0.05, 0) is 6.92 Å². The molecular formula is C6H4N3OS. The highest BCUT2D eigenvalue weighted by molar-refractivity contribution is 7.14. The molecule has 0 aliphatic carbocycles. The Balaban J connectivity index is 3.02. The Morgan fingerprint density at radius 2 is 2.55 bits per heavy atom. The number of rotatable bonds is 0. The van der Waals surface area contributed by atoms with Crippen LogP contribution in [0.4, 0.5) is 0 Å². The van der Waals surface area contributed by atoms with Crippen LogP contribution in [0.1, 0.15) is 5.69 Å². The van der Waals surface area contributed by atoms with Crippen molar-refractivity contribution < 1.29 is 0 Å². The molecule has 2 aromatic rings. The molecule has 2 heterocycles. The maximum absolute atomic E-state index is 11.1. The molecule has 1 radical (unpaired) electrons. The normalized spacial score (nSPS) is 10.6. The van der Waals surface area contributed by atoms with Crippen molar-refractivity contribution in [2.75, 3.05) is 0 Å². The zero-order valence-corrected chi connectivity index (χ0v) is 6.55. The van der Waals surface area contributed by atoms with Crippen molar-refractivity contribution in [1.29, 1.82) is 0 Å². The summed E-state index contributed by atoms with van der Waals surface area (Å²) in [5, 5.41) is 3.69. The van der Waals surface area contributed by atoms with Crippen molar-refractivity contribution in [1.82, 2.24) is 14.6 Å². The maximum Gasteiger partial charge on any atom is 0.275 e. The van der Waals surface area contributed by atoms with Gasteiger partial charge in [0.15, 0.2) is 5.51 Å². The van der Waals surface area contributed by atoms with Crippen molar-refractivity contribution in [2.24, 2.45) is 0 Å². The summed E-state index contributed by atoms with van der Waals surface area (Å²) in [6.07, 6.45) is 0. The molecule has 0 saturated carbocycles. The van der Waals surface area contributed by atoms with Gasteiger partial charge in [0.25, 0.3) is 5.56 Å². The molecule has 0 N–H and O–H groups in total. The van der Waals surface area contributed by atoms with E-state index >= 15 is 0 Å². The number of hydrogen-bond donors (Lipinski definition) is 0. The third kappa shape index (κ3) is 0.932. The first-order valence-corrected chi connectivity index (χ1v) is 3.82. The second kappa shape index (κ2) is 2.13. The largest absolute Gasteiger partial charge is 0.275 e. The predicted octanol–water partition coefficient (Wildman–Crippen LogP) is 0.260. The molecule has 0 bridgehead atoms. The molecule has 0 amide bonds. The fraction of sp³-hybridized carbons (Fsp3) is 0.167. The van der Waals surface area contributed by atoms with Crippen molar-refractivity contribution in [2.45, 2.75) is 6.92 Å². The van der Waals surface area contributed by atoms with Crippen LogP contribution in [0.25, 0.3) is 4.96 Å². The minimum Gasteiger partial charge on any atom is -0.267 e. The molecule has 5 heteroatoms. The minimum absolute atomic E-state index is 0.148. The molecule has 2 aromatic heterocycles. The summed E-state index contributed by atoms with van der Waals surface area (Å²) in [7, 11) is 0. The molecule has 0 aliphatic rings. The summed E-state index contributed by atoms with van der Waals surface area (Å²) in [6, 6.07) is 1.44. The fourth-order valence-corrected chi connectivity index (χ4v) is 1.44. The van der Waals surface area contributed by atoms with E-state index in [1.165, 1.54) is 21.9 Å². The zero-order valence-electron chi connectivity index (χ0n) is 5.74. The van der Waals surface area contributed by atoms with Crippen molar-refractivity contribution >= 4 is 16.3 Å². The van der Waals surface area contributed by atoms with E-state index in [2.05, 4.69) is 15.6 Å². The molecule has 0 fully saturated rings. The Morgan fingerprint density at radius 3 is 3.36 bits per heavy atom. The van der Waals surface area contributed by atoms with Gasteiger partial charge in [-0.3, -0.25) is 4.79 Å². The molecule has 4 nitrogen and oxygen atoms in total. The van der Waals surface area contributed by atoms with E-state index < -0.39 is 0 Å². The molecule has 0 spiro atoms. The molecule has 0 saturated heterocycles.